The molecule has 49 heavy (non-hydrogen) atoms. The highest BCUT2D eigenvalue weighted by atomic mass is 19.1. The number of allylic oxidation sites excluding steroid dienone is 1. The van der Waals surface area contributed by atoms with Crippen LogP contribution in [0.15, 0.2) is 47.7 Å². The van der Waals surface area contributed by atoms with Gasteiger partial charge in [0.05, 0.1) is 24.1 Å². The molecule has 0 fully saturated rings. The first-order valence-electron chi connectivity index (χ1n) is 16.0. The van der Waals surface area contributed by atoms with Crippen molar-refractivity contribution in [3.05, 3.63) is 75.9 Å². The molecule has 12 nitrogen and oxygen atoms in total. The number of likely N-dealkylation sites (N-methyl/N-ethyl adjacent to an activating group) is 1. The summed E-state index contributed by atoms with van der Waals surface area (Å²) in [7, 11) is 6.19. The maximum absolute atomic E-state index is 14.8. The summed E-state index contributed by atoms with van der Waals surface area (Å²) in [5, 5.41) is 0.472. The molecule has 3 rings (SSSR count). The van der Waals surface area contributed by atoms with Crippen molar-refractivity contribution in [2.45, 2.75) is 85.5 Å². The summed E-state index contributed by atoms with van der Waals surface area (Å²) in [4.78, 5) is 71.8. The van der Waals surface area contributed by atoms with Gasteiger partial charge in [-0.15, -0.1) is 0 Å². The Kier molecular flexibility index (Phi) is 12.3. The maximum Gasteiger partial charge on any atom is 0.419 e. The Hall–Kier alpha value is -4.81. The number of ketones is 1. The Bertz CT molecular complexity index is 1790. The van der Waals surface area contributed by atoms with Crippen LogP contribution in [0.5, 0.6) is 0 Å². The number of rotatable bonds is 11. The molecule has 0 aliphatic heterocycles. The fraction of sp³-hybridized carbons (Fsp3) is 0.500. The quantitative estimate of drug-likeness (QED) is 0.247. The molecule has 13 heteroatoms. The van der Waals surface area contributed by atoms with Crippen LogP contribution >= 0.6 is 0 Å². The summed E-state index contributed by atoms with van der Waals surface area (Å²) in [6, 6.07) is 4.39. The molecule has 0 spiro atoms. The third kappa shape index (κ3) is 10.8. The van der Waals surface area contributed by atoms with Crippen molar-refractivity contribution in [2.75, 3.05) is 28.2 Å². The van der Waals surface area contributed by atoms with E-state index in [1.807, 2.05) is 20.8 Å². The van der Waals surface area contributed by atoms with E-state index in [0.29, 0.717) is 28.6 Å². The van der Waals surface area contributed by atoms with Crippen LogP contribution in [0.1, 0.15) is 71.2 Å². The third-order valence-corrected chi connectivity index (χ3v) is 7.25. The van der Waals surface area contributed by atoms with Crippen LogP contribution in [-0.4, -0.2) is 87.7 Å². The van der Waals surface area contributed by atoms with E-state index < -0.39 is 41.1 Å². The second-order valence-electron chi connectivity index (χ2n) is 14.7. The molecule has 0 saturated carbocycles. The smallest absolute Gasteiger partial charge is 0.419 e. The lowest BCUT2D eigenvalue weighted by atomic mass is 9.87. The number of halogens is 1. The van der Waals surface area contributed by atoms with Gasteiger partial charge in [0.2, 0.25) is 5.91 Å². The maximum atomic E-state index is 14.8. The van der Waals surface area contributed by atoms with Crippen LogP contribution in [0, 0.1) is 11.2 Å². The largest absolute Gasteiger partial charge is 0.443 e. The summed E-state index contributed by atoms with van der Waals surface area (Å²) in [6.07, 6.45) is 3.37. The third-order valence-electron chi connectivity index (χ3n) is 7.25. The van der Waals surface area contributed by atoms with Gasteiger partial charge < -0.3 is 19.3 Å². The van der Waals surface area contributed by atoms with Crippen molar-refractivity contribution >= 4 is 34.8 Å². The van der Waals surface area contributed by atoms with Crippen LogP contribution in [0.2, 0.25) is 0 Å². The second-order valence-corrected chi connectivity index (χ2v) is 14.7. The first kappa shape index (κ1) is 38.6. The van der Waals surface area contributed by atoms with Crippen LogP contribution in [0.4, 0.5) is 14.0 Å². The van der Waals surface area contributed by atoms with E-state index >= 15 is 0 Å². The fourth-order valence-electron chi connectivity index (χ4n) is 5.09. The van der Waals surface area contributed by atoms with Crippen molar-refractivity contribution in [3.63, 3.8) is 0 Å². The van der Waals surface area contributed by atoms with E-state index in [0.717, 1.165) is 0 Å². The first-order chi connectivity index (χ1) is 22.7. The van der Waals surface area contributed by atoms with Crippen molar-refractivity contribution < 1.29 is 33.0 Å². The molecule has 2 heterocycles. The number of hydrogen-bond donors (Lipinski definition) is 0. The summed E-state index contributed by atoms with van der Waals surface area (Å²) >= 11 is 0. The van der Waals surface area contributed by atoms with E-state index in [9.17, 15) is 28.4 Å². The molecule has 0 radical (unpaired) electrons. The number of aromatic nitrogens is 3. The van der Waals surface area contributed by atoms with Gasteiger partial charge in [0, 0.05) is 51.8 Å². The minimum absolute atomic E-state index is 0.0520. The van der Waals surface area contributed by atoms with Gasteiger partial charge in [-0.1, -0.05) is 26.8 Å². The lowest BCUT2D eigenvalue weighted by molar-refractivity contribution is -0.127. The SMILES string of the molecule is CN(C)C(=O)/C=C/CC[C@H](OC(=O)N(C)C)C(=O)Cc1cncn(Cc2cc3cc(F)cc(CC(C)(C)C)c3n2C(=O)OC(C)(C)C)c1=O. The highest BCUT2D eigenvalue weighted by Gasteiger charge is 2.27. The van der Waals surface area contributed by atoms with Gasteiger partial charge in [-0.3, -0.25) is 19.0 Å². The van der Waals surface area contributed by atoms with E-state index in [1.54, 1.807) is 47.0 Å². The Balaban J connectivity index is 2.00. The number of amides is 2. The monoisotopic (exact) mass is 681 g/mol. The summed E-state index contributed by atoms with van der Waals surface area (Å²) in [5.41, 5.74) is -0.101. The predicted octanol–water partition coefficient (Wildman–Crippen LogP) is 5.36. The molecule has 0 aliphatic rings. The average Bonchev–Trinajstić information content (AvgIpc) is 3.32. The van der Waals surface area contributed by atoms with Crippen LogP contribution in [0.25, 0.3) is 10.9 Å². The Morgan fingerprint density at radius 3 is 2.24 bits per heavy atom. The van der Waals surface area contributed by atoms with E-state index in [1.165, 1.54) is 63.8 Å². The standard InChI is InChI=1S/C36H48FN5O7/c1-35(2,3)19-24-16-26(37)15-23-17-27(42(31(23)24)34(47)49-36(4,5)6)21-41-22-38-20-25(32(41)45)18-28(43)29(48-33(46)40(9)10)13-11-12-14-30(44)39(7)8/h12,14-17,20,22,29H,11,13,18-19,21H2,1-10H3/b14-12+/t29-/m0/s1. The Labute approximate surface area is 286 Å². The zero-order valence-electron chi connectivity index (χ0n) is 30.1. The summed E-state index contributed by atoms with van der Waals surface area (Å²) in [5.74, 6) is -1.21. The number of nitrogens with zero attached hydrogens (tertiary/aromatic N) is 5. The Morgan fingerprint density at radius 2 is 1.65 bits per heavy atom. The van der Waals surface area contributed by atoms with Crippen molar-refractivity contribution in [1.29, 1.82) is 0 Å². The molecule has 1 atom stereocenters. The van der Waals surface area contributed by atoms with Gasteiger partial charge in [0.1, 0.15) is 11.4 Å². The summed E-state index contributed by atoms with van der Waals surface area (Å²) < 4.78 is 28.6. The molecule has 2 amide bonds. The van der Waals surface area contributed by atoms with Gasteiger partial charge in [0.25, 0.3) is 5.56 Å². The lowest BCUT2D eigenvalue weighted by Gasteiger charge is -2.23. The van der Waals surface area contributed by atoms with Crippen LogP contribution < -0.4 is 5.56 Å². The van der Waals surface area contributed by atoms with E-state index in [-0.39, 0.29) is 42.7 Å². The number of benzene rings is 1. The molecule has 1 aromatic carbocycles. The number of Topliss-reactive ketones (excluding diaryl/α,β-unsaturated/α-hetero) is 1. The molecule has 0 bridgehead atoms. The molecule has 0 saturated heterocycles. The van der Waals surface area contributed by atoms with Gasteiger partial charge in [-0.05, 0) is 75.3 Å². The van der Waals surface area contributed by atoms with Crippen molar-refractivity contribution in [2.24, 2.45) is 5.41 Å². The van der Waals surface area contributed by atoms with Crippen LogP contribution in [-0.2, 0) is 38.4 Å². The number of carbonyl (C=O) groups excluding carboxylic acids is 4. The molecular formula is C36H48FN5O7. The van der Waals surface area contributed by atoms with E-state index in [2.05, 4.69) is 4.98 Å². The molecule has 3 aromatic rings. The van der Waals surface area contributed by atoms with Gasteiger partial charge >= 0.3 is 12.2 Å². The van der Waals surface area contributed by atoms with Gasteiger partial charge in [0.15, 0.2) is 11.9 Å². The minimum atomic E-state index is -1.19. The number of carbonyl (C=O) groups is 4. The molecule has 266 valence electrons. The second kappa shape index (κ2) is 15.6. The predicted molar refractivity (Wildman–Crippen MR) is 184 cm³/mol. The lowest BCUT2D eigenvalue weighted by Crippen LogP contribution is -2.35. The Morgan fingerprint density at radius 1 is 0.980 bits per heavy atom. The molecule has 0 N–H and O–H groups in total. The van der Waals surface area contributed by atoms with E-state index in [4.69, 9.17) is 9.47 Å². The molecule has 0 unspecified atom stereocenters. The zero-order chi connectivity index (χ0) is 36.8. The molecular weight excluding hydrogens is 633 g/mol. The van der Waals surface area contributed by atoms with Crippen molar-refractivity contribution in [1.82, 2.24) is 23.9 Å². The summed E-state index contributed by atoms with van der Waals surface area (Å²) in [6.45, 7) is 11.1. The molecule has 2 aromatic heterocycles. The number of fused-ring (bicyclic) bond motifs is 1. The first-order valence-corrected chi connectivity index (χ1v) is 16.0. The highest BCUT2D eigenvalue weighted by molar-refractivity contribution is 5.93. The van der Waals surface area contributed by atoms with Gasteiger partial charge in [-0.25, -0.2) is 23.5 Å². The van der Waals surface area contributed by atoms with Crippen LogP contribution in [0.3, 0.4) is 0 Å². The molecule has 0 aliphatic carbocycles. The topological polar surface area (TPSA) is 133 Å². The fourth-order valence-corrected chi connectivity index (χ4v) is 5.09. The van der Waals surface area contributed by atoms with Gasteiger partial charge in [-0.2, -0.15) is 0 Å². The zero-order valence-corrected chi connectivity index (χ0v) is 30.1. The highest BCUT2D eigenvalue weighted by Crippen LogP contribution is 2.31. The van der Waals surface area contributed by atoms with Crippen molar-refractivity contribution in [3.8, 4) is 0 Å². The average molecular weight is 682 g/mol. The normalized spacial score (nSPS) is 12.6. The number of ether oxygens (including phenoxy) is 2. The minimum Gasteiger partial charge on any atom is -0.443 e. The number of hydrogen-bond acceptors (Lipinski definition) is 8.